The molecular weight excluding hydrogens is 272 g/mol. The quantitative estimate of drug-likeness (QED) is 0.387. The lowest BCUT2D eigenvalue weighted by molar-refractivity contribution is -0.254. The molecule has 1 aliphatic heterocycles. The molecule has 5 N–H and O–H groups in total. The zero-order chi connectivity index (χ0) is 14.9. The molecule has 112 valence electrons. The lowest BCUT2D eigenvalue weighted by Crippen LogP contribution is -2.63. The summed E-state index contributed by atoms with van der Waals surface area (Å²) in [7, 11) is 1.33. The predicted octanol–water partition coefficient (Wildman–Crippen LogP) is -3.32. The summed E-state index contributed by atoms with van der Waals surface area (Å²) in [6.45, 7) is -0.564. The Morgan fingerprint density at radius 2 is 2.10 bits per heavy atom. The van der Waals surface area contributed by atoms with Crippen LogP contribution in [-0.4, -0.2) is 90.7 Å². The van der Waals surface area contributed by atoms with Crippen LogP contribution in [-0.2, 0) is 4.74 Å². The third-order valence-corrected chi connectivity index (χ3v) is 3.19. The lowest BCUT2D eigenvalue weighted by atomic mass is 9.98. The van der Waals surface area contributed by atoms with Gasteiger partial charge in [-0.25, -0.2) is 4.98 Å². The van der Waals surface area contributed by atoms with Crippen LogP contribution < -0.4 is 0 Å². The minimum atomic E-state index is -1.55. The predicted molar refractivity (Wildman–Crippen MR) is 62.2 cm³/mol. The highest BCUT2D eigenvalue weighted by Gasteiger charge is 2.46. The van der Waals surface area contributed by atoms with Gasteiger partial charge in [0.1, 0.15) is 30.7 Å². The fourth-order valence-corrected chi connectivity index (χ4v) is 1.99. The van der Waals surface area contributed by atoms with Gasteiger partial charge in [-0.05, 0) is 0 Å². The number of amides is 1. The summed E-state index contributed by atoms with van der Waals surface area (Å²) in [6, 6.07) is 0. The number of aromatic nitrogens is 3. The molecule has 2 heterocycles. The van der Waals surface area contributed by atoms with Crippen LogP contribution >= 0.6 is 0 Å². The summed E-state index contributed by atoms with van der Waals surface area (Å²) >= 11 is 0. The second-order valence-electron chi connectivity index (χ2n) is 4.47. The summed E-state index contributed by atoms with van der Waals surface area (Å²) in [4.78, 5) is 16.7. The van der Waals surface area contributed by atoms with Crippen molar-refractivity contribution in [2.45, 2.75) is 30.6 Å². The molecule has 0 spiro atoms. The van der Waals surface area contributed by atoms with Crippen molar-refractivity contribution in [1.29, 1.82) is 0 Å². The number of rotatable bonds is 3. The number of hydrogen-bond donors (Lipinski definition) is 5. The van der Waals surface area contributed by atoms with Gasteiger partial charge in [0.25, 0.3) is 5.91 Å². The zero-order valence-corrected chi connectivity index (χ0v) is 10.6. The van der Waals surface area contributed by atoms with Crippen LogP contribution in [0.4, 0.5) is 0 Å². The normalized spacial score (nSPS) is 34.0. The molecule has 1 amide bonds. The van der Waals surface area contributed by atoms with Gasteiger partial charge in [-0.15, -0.1) is 0 Å². The van der Waals surface area contributed by atoms with Crippen molar-refractivity contribution in [3.8, 4) is 0 Å². The average Bonchev–Trinajstić information content (AvgIpc) is 2.98. The topological polar surface area (TPSA) is 152 Å². The number of aliphatic hydroxyl groups excluding tert-OH is 4. The van der Waals surface area contributed by atoms with Crippen molar-refractivity contribution >= 4 is 5.91 Å². The SMILES string of the molecule is CN(C(=O)c1ncn[nH]1)[C@@H]1O[C@@H](CO)[C@@H](O)[C@@H](O)[C@H]1O. The molecule has 1 saturated heterocycles. The van der Waals surface area contributed by atoms with Crippen LogP contribution in [0, 0.1) is 0 Å². The van der Waals surface area contributed by atoms with Gasteiger partial charge in [0.05, 0.1) is 6.61 Å². The van der Waals surface area contributed by atoms with Gasteiger partial charge in [0.15, 0.2) is 6.23 Å². The van der Waals surface area contributed by atoms with Crippen molar-refractivity contribution in [3.05, 3.63) is 12.2 Å². The molecule has 5 atom stereocenters. The summed E-state index contributed by atoms with van der Waals surface area (Å²) in [5.41, 5.74) is 0. The molecule has 0 unspecified atom stereocenters. The first-order valence-electron chi connectivity index (χ1n) is 5.90. The maximum Gasteiger partial charge on any atom is 0.293 e. The monoisotopic (exact) mass is 288 g/mol. The fraction of sp³-hybridized carbons (Fsp3) is 0.700. The molecule has 20 heavy (non-hydrogen) atoms. The Bertz CT molecular complexity index is 453. The van der Waals surface area contributed by atoms with Crippen molar-refractivity contribution in [3.63, 3.8) is 0 Å². The van der Waals surface area contributed by atoms with E-state index in [4.69, 9.17) is 9.84 Å². The Kier molecular flexibility index (Phi) is 4.30. The third-order valence-electron chi connectivity index (χ3n) is 3.19. The first-order chi connectivity index (χ1) is 9.47. The second kappa shape index (κ2) is 5.81. The molecule has 0 aromatic carbocycles. The fourth-order valence-electron chi connectivity index (χ4n) is 1.99. The Morgan fingerprint density at radius 1 is 1.40 bits per heavy atom. The van der Waals surface area contributed by atoms with Gasteiger partial charge in [-0.2, -0.15) is 5.10 Å². The molecule has 10 heteroatoms. The van der Waals surface area contributed by atoms with Crippen LogP contribution in [0.5, 0.6) is 0 Å². The Balaban J connectivity index is 2.16. The highest BCUT2D eigenvalue weighted by Crippen LogP contribution is 2.23. The van der Waals surface area contributed by atoms with Gasteiger partial charge >= 0.3 is 0 Å². The van der Waals surface area contributed by atoms with Crippen molar-refractivity contribution in [2.24, 2.45) is 0 Å². The smallest absolute Gasteiger partial charge is 0.293 e. The molecule has 1 aliphatic rings. The number of ether oxygens (including phenoxy) is 1. The molecule has 1 fully saturated rings. The summed E-state index contributed by atoms with van der Waals surface area (Å²) < 4.78 is 5.24. The van der Waals surface area contributed by atoms with Crippen LogP contribution in [0.3, 0.4) is 0 Å². The molecule has 0 saturated carbocycles. The Morgan fingerprint density at radius 3 is 2.65 bits per heavy atom. The number of carbonyl (C=O) groups is 1. The van der Waals surface area contributed by atoms with E-state index in [1.54, 1.807) is 0 Å². The molecule has 1 aromatic heterocycles. The van der Waals surface area contributed by atoms with E-state index in [0.717, 1.165) is 11.2 Å². The summed E-state index contributed by atoms with van der Waals surface area (Å²) in [5, 5.41) is 44.2. The maximum atomic E-state index is 12.0. The molecule has 1 aromatic rings. The number of nitrogens with one attached hydrogen (secondary N) is 1. The highest BCUT2D eigenvalue weighted by atomic mass is 16.6. The second-order valence-corrected chi connectivity index (χ2v) is 4.47. The first-order valence-corrected chi connectivity index (χ1v) is 5.90. The highest BCUT2D eigenvalue weighted by molar-refractivity contribution is 5.90. The average molecular weight is 288 g/mol. The number of aliphatic hydroxyl groups is 4. The van der Waals surface area contributed by atoms with Crippen LogP contribution in [0.15, 0.2) is 6.33 Å². The van der Waals surface area contributed by atoms with Gasteiger partial charge in [-0.1, -0.05) is 0 Å². The molecule has 10 nitrogen and oxygen atoms in total. The Hall–Kier alpha value is -1.59. The lowest BCUT2D eigenvalue weighted by Gasteiger charge is -2.43. The van der Waals surface area contributed by atoms with E-state index in [-0.39, 0.29) is 5.82 Å². The number of H-pyrrole nitrogens is 1. The van der Waals surface area contributed by atoms with E-state index in [0.29, 0.717) is 0 Å². The Labute approximate surface area is 113 Å². The van der Waals surface area contributed by atoms with Crippen molar-refractivity contribution in [2.75, 3.05) is 13.7 Å². The molecule has 0 radical (unpaired) electrons. The number of hydrogen-bond acceptors (Lipinski definition) is 8. The third kappa shape index (κ3) is 2.51. The maximum absolute atomic E-state index is 12.0. The van der Waals surface area contributed by atoms with Crippen molar-refractivity contribution in [1.82, 2.24) is 20.1 Å². The first kappa shape index (κ1) is 14.8. The molecule has 0 aliphatic carbocycles. The van der Waals surface area contributed by atoms with Crippen LogP contribution in [0.1, 0.15) is 10.6 Å². The van der Waals surface area contributed by atoms with Crippen LogP contribution in [0.2, 0.25) is 0 Å². The molecular formula is C10H16N4O6. The number of nitrogens with zero attached hydrogens (tertiary/aromatic N) is 3. The zero-order valence-electron chi connectivity index (χ0n) is 10.6. The van der Waals surface area contributed by atoms with E-state index in [2.05, 4.69) is 15.2 Å². The van der Waals surface area contributed by atoms with E-state index >= 15 is 0 Å². The molecule has 2 rings (SSSR count). The van der Waals surface area contributed by atoms with Gasteiger partial charge < -0.3 is 30.1 Å². The van der Waals surface area contributed by atoms with E-state index in [9.17, 15) is 20.1 Å². The molecule has 0 bridgehead atoms. The van der Waals surface area contributed by atoms with Gasteiger partial charge in [-0.3, -0.25) is 9.89 Å². The van der Waals surface area contributed by atoms with Crippen LogP contribution in [0.25, 0.3) is 0 Å². The van der Waals surface area contributed by atoms with E-state index in [1.807, 2.05) is 0 Å². The largest absolute Gasteiger partial charge is 0.394 e. The van der Waals surface area contributed by atoms with E-state index in [1.165, 1.54) is 7.05 Å². The van der Waals surface area contributed by atoms with Crippen molar-refractivity contribution < 1.29 is 30.0 Å². The minimum absolute atomic E-state index is 0.0653. The van der Waals surface area contributed by atoms with Gasteiger partial charge in [0, 0.05) is 7.05 Å². The number of carbonyl (C=O) groups excluding carboxylic acids is 1. The summed E-state index contributed by atoms with van der Waals surface area (Å²) in [5.74, 6) is -0.684. The number of aromatic amines is 1. The van der Waals surface area contributed by atoms with E-state index < -0.39 is 43.2 Å². The summed E-state index contributed by atoms with van der Waals surface area (Å²) in [6.07, 6.45) is -5.71. The van der Waals surface area contributed by atoms with Gasteiger partial charge in [0.2, 0.25) is 5.82 Å². The number of likely N-dealkylation sites (N-methyl/N-ethyl adjacent to an activating group) is 1. The standard InChI is InChI=1S/C10H16N4O6/c1-14(9(19)8-11-3-12-13-8)10-7(18)6(17)5(16)4(2-15)20-10/h3-7,10,15-18H,2H2,1H3,(H,11,12,13)/t4-,5+,6+,7+,10+/m0/s1. The minimum Gasteiger partial charge on any atom is -0.394 e.